The molecule has 2 rings (SSSR count). The molecule has 4 heteroatoms. The van der Waals surface area contributed by atoms with E-state index in [1.54, 1.807) is 7.11 Å². The summed E-state index contributed by atoms with van der Waals surface area (Å²) in [5, 5.41) is 6.45. The Morgan fingerprint density at radius 1 is 1.44 bits per heavy atom. The number of benzene rings is 1. The monoisotopic (exact) mass is 219 g/mol. The van der Waals surface area contributed by atoms with Gasteiger partial charge in [0, 0.05) is 20.2 Å². The molecule has 0 atom stereocenters. The highest BCUT2D eigenvalue weighted by Gasteiger charge is 2.03. The Morgan fingerprint density at radius 3 is 3.06 bits per heavy atom. The van der Waals surface area contributed by atoms with Gasteiger partial charge in [-0.2, -0.15) is 0 Å². The van der Waals surface area contributed by atoms with Crippen molar-refractivity contribution in [3.63, 3.8) is 0 Å². The van der Waals surface area contributed by atoms with E-state index in [4.69, 9.17) is 4.74 Å². The van der Waals surface area contributed by atoms with Gasteiger partial charge in [0.15, 0.2) is 5.96 Å². The SMILES string of the molecule is COCc1cccc(CNC2=NCCN2)c1. The second kappa shape index (κ2) is 5.51. The van der Waals surface area contributed by atoms with Gasteiger partial charge < -0.3 is 15.4 Å². The van der Waals surface area contributed by atoms with Crippen LogP contribution in [0.5, 0.6) is 0 Å². The maximum Gasteiger partial charge on any atom is 0.191 e. The summed E-state index contributed by atoms with van der Waals surface area (Å²) in [6, 6.07) is 8.36. The largest absolute Gasteiger partial charge is 0.380 e. The molecule has 0 saturated heterocycles. The first-order valence-electron chi connectivity index (χ1n) is 5.47. The predicted molar refractivity (Wildman–Crippen MR) is 64.3 cm³/mol. The fourth-order valence-corrected chi connectivity index (χ4v) is 1.70. The number of guanidine groups is 1. The zero-order chi connectivity index (χ0) is 11.2. The van der Waals surface area contributed by atoms with Crippen LogP contribution in [0.15, 0.2) is 29.3 Å². The Balaban J connectivity index is 1.90. The molecule has 1 heterocycles. The van der Waals surface area contributed by atoms with E-state index >= 15 is 0 Å². The van der Waals surface area contributed by atoms with E-state index in [2.05, 4.69) is 39.9 Å². The van der Waals surface area contributed by atoms with Crippen molar-refractivity contribution in [1.82, 2.24) is 10.6 Å². The number of rotatable bonds is 4. The Kier molecular flexibility index (Phi) is 3.77. The van der Waals surface area contributed by atoms with Crippen molar-refractivity contribution in [1.29, 1.82) is 0 Å². The summed E-state index contributed by atoms with van der Waals surface area (Å²) in [6.07, 6.45) is 0. The van der Waals surface area contributed by atoms with Gasteiger partial charge in [0.1, 0.15) is 0 Å². The lowest BCUT2D eigenvalue weighted by molar-refractivity contribution is 0.185. The lowest BCUT2D eigenvalue weighted by atomic mass is 10.1. The highest BCUT2D eigenvalue weighted by Crippen LogP contribution is 2.06. The second-order valence-corrected chi connectivity index (χ2v) is 3.76. The molecule has 1 aromatic carbocycles. The normalized spacial score (nSPS) is 14.4. The van der Waals surface area contributed by atoms with Crippen molar-refractivity contribution in [3.8, 4) is 0 Å². The third kappa shape index (κ3) is 2.97. The van der Waals surface area contributed by atoms with E-state index in [0.29, 0.717) is 6.61 Å². The quantitative estimate of drug-likeness (QED) is 0.790. The summed E-state index contributed by atoms with van der Waals surface area (Å²) in [6.45, 7) is 3.26. The van der Waals surface area contributed by atoms with Crippen LogP contribution in [0.4, 0.5) is 0 Å². The van der Waals surface area contributed by atoms with Crippen molar-refractivity contribution in [2.24, 2.45) is 4.99 Å². The first-order chi connectivity index (χ1) is 7.88. The topological polar surface area (TPSA) is 45.6 Å². The van der Waals surface area contributed by atoms with Crippen molar-refractivity contribution in [3.05, 3.63) is 35.4 Å². The molecule has 1 aliphatic heterocycles. The van der Waals surface area contributed by atoms with Gasteiger partial charge in [-0.25, -0.2) is 0 Å². The molecular weight excluding hydrogens is 202 g/mol. The van der Waals surface area contributed by atoms with Gasteiger partial charge in [-0.15, -0.1) is 0 Å². The Morgan fingerprint density at radius 2 is 2.31 bits per heavy atom. The van der Waals surface area contributed by atoms with E-state index in [0.717, 1.165) is 25.6 Å². The highest BCUT2D eigenvalue weighted by atomic mass is 16.5. The van der Waals surface area contributed by atoms with Crippen LogP contribution in [0.3, 0.4) is 0 Å². The van der Waals surface area contributed by atoms with Crippen LogP contribution in [-0.4, -0.2) is 26.2 Å². The molecule has 0 aromatic heterocycles. The zero-order valence-electron chi connectivity index (χ0n) is 9.49. The minimum Gasteiger partial charge on any atom is -0.380 e. The zero-order valence-corrected chi connectivity index (χ0v) is 9.49. The van der Waals surface area contributed by atoms with Gasteiger partial charge in [0.2, 0.25) is 0 Å². The summed E-state index contributed by atoms with van der Waals surface area (Å²) >= 11 is 0. The third-order valence-corrected chi connectivity index (χ3v) is 2.44. The molecule has 0 aliphatic carbocycles. The summed E-state index contributed by atoms with van der Waals surface area (Å²) in [5.41, 5.74) is 2.44. The number of hydrogen-bond acceptors (Lipinski definition) is 4. The molecule has 0 bridgehead atoms. The van der Waals surface area contributed by atoms with E-state index in [-0.39, 0.29) is 0 Å². The molecule has 4 nitrogen and oxygen atoms in total. The summed E-state index contributed by atoms with van der Waals surface area (Å²) in [7, 11) is 1.71. The number of nitrogens with zero attached hydrogens (tertiary/aromatic N) is 1. The molecule has 86 valence electrons. The molecule has 2 N–H and O–H groups in total. The average Bonchev–Trinajstić information content (AvgIpc) is 2.80. The number of nitrogens with one attached hydrogen (secondary N) is 2. The molecule has 0 amide bonds. The van der Waals surface area contributed by atoms with Crippen LogP contribution in [-0.2, 0) is 17.9 Å². The van der Waals surface area contributed by atoms with Crippen LogP contribution in [0.25, 0.3) is 0 Å². The standard InChI is InChI=1S/C12H17N3O/c1-16-9-11-4-2-3-10(7-11)8-15-12-13-5-6-14-12/h2-4,7H,5-6,8-9H2,1H3,(H2,13,14,15). The van der Waals surface area contributed by atoms with E-state index in [1.807, 2.05) is 0 Å². The van der Waals surface area contributed by atoms with Crippen molar-refractivity contribution in [2.75, 3.05) is 20.2 Å². The van der Waals surface area contributed by atoms with Crippen LogP contribution < -0.4 is 10.6 Å². The number of hydrogen-bond donors (Lipinski definition) is 2. The van der Waals surface area contributed by atoms with E-state index in [9.17, 15) is 0 Å². The lowest BCUT2D eigenvalue weighted by Crippen LogP contribution is -2.33. The summed E-state index contributed by atoms with van der Waals surface area (Å²) in [5.74, 6) is 0.900. The van der Waals surface area contributed by atoms with Gasteiger partial charge in [-0.3, -0.25) is 4.99 Å². The minimum absolute atomic E-state index is 0.660. The fraction of sp³-hybridized carbons (Fsp3) is 0.417. The molecule has 0 spiro atoms. The van der Waals surface area contributed by atoms with Gasteiger partial charge in [0.25, 0.3) is 0 Å². The number of methoxy groups -OCH3 is 1. The van der Waals surface area contributed by atoms with Crippen LogP contribution in [0.2, 0.25) is 0 Å². The van der Waals surface area contributed by atoms with E-state index < -0.39 is 0 Å². The van der Waals surface area contributed by atoms with Gasteiger partial charge in [-0.05, 0) is 11.1 Å². The van der Waals surface area contributed by atoms with Gasteiger partial charge >= 0.3 is 0 Å². The van der Waals surface area contributed by atoms with Crippen LogP contribution in [0.1, 0.15) is 11.1 Å². The molecule has 0 radical (unpaired) electrons. The van der Waals surface area contributed by atoms with Gasteiger partial charge in [-0.1, -0.05) is 24.3 Å². The Labute approximate surface area is 95.7 Å². The molecule has 0 unspecified atom stereocenters. The molecule has 1 aromatic rings. The Bertz CT molecular complexity index is 376. The smallest absolute Gasteiger partial charge is 0.191 e. The lowest BCUT2D eigenvalue weighted by Gasteiger charge is -2.08. The molecular formula is C12H17N3O. The minimum atomic E-state index is 0.660. The average molecular weight is 219 g/mol. The van der Waals surface area contributed by atoms with Crippen molar-refractivity contribution < 1.29 is 4.74 Å². The molecule has 1 aliphatic rings. The van der Waals surface area contributed by atoms with Crippen molar-refractivity contribution >= 4 is 5.96 Å². The maximum atomic E-state index is 5.10. The second-order valence-electron chi connectivity index (χ2n) is 3.76. The Hall–Kier alpha value is -1.55. The van der Waals surface area contributed by atoms with Crippen LogP contribution >= 0.6 is 0 Å². The molecule has 0 saturated carbocycles. The fourth-order valence-electron chi connectivity index (χ4n) is 1.70. The van der Waals surface area contributed by atoms with Crippen LogP contribution in [0, 0.1) is 0 Å². The van der Waals surface area contributed by atoms with Crippen molar-refractivity contribution in [2.45, 2.75) is 13.2 Å². The first-order valence-corrected chi connectivity index (χ1v) is 5.47. The molecule has 16 heavy (non-hydrogen) atoms. The van der Waals surface area contributed by atoms with E-state index in [1.165, 1.54) is 11.1 Å². The summed E-state index contributed by atoms with van der Waals surface area (Å²) < 4.78 is 5.10. The number of aliphatic imine (C=N–C) groups is 1. The highest BCUT2D eigenvalue weighted by molar-refractivity contribution is 5.81. The predicted octanol–water partition coefficient (Wildman–Crippen LogP) is 0.882. The summed E-state index contributed by atoms with van der Waals surface area (Å²) in [4.78, 5) is 4.28. The third-order valence-electron chi connectivity index (χ3n) is 2.44. The first kappa shape index (κ1) is 11.0. The molecule has 0 fully saturated rings. The number of ether oxygens (including phenoxy) is 1. The van der Waals surface area contributed by atoms with Gasteiger partial charge in [0.05, 0.1) is 13.2 Å². The maximum absolute atomic E-state index is 5.10.